The van der Waals surface area contributed by atoms with Crippen molar-refractivity contribution < 1.29 is 4.84 Å². The molecule has 0 bridgehead atoms. The fourth-order valence-electron chi connectivity index (χ4n) is 1.50. The average Bonchev–Trinajstić information content (AvgIpc) is 2.68. The molecule has 1 heterocycles. The van der Waals surface area contributed by atoms with Crippen molar-refractivity contribution >= 4 is 10.9 Å². The van der Waals surface area contributed by atoms with E-state index in [0.717, 1.165) is 10.9 Å². The monoisotopic (exact) mass is 197 g/mol. The highest BCUT2D eigenvalue weighted by molar-refractivity contribution is 5.83. The number of nitriles is 2. The summed E-state index contributed by atoms with van der Waals surface area (Å²) in [6.45, 7) is 0. The summed E-state index contributed by atoms with van der Waals surface area (Å²) in [5.41, 5.74) is 1.54. The van der Waals surface area contributed by atoms with Crippen LogP contribution in [0.25, 0.3) is 10.9 Å². The largest absolute Gasteiger partial charge is 0.417 e. The smallest absolute Gasteiger partial charge is 0.104 e. The fraction of sp³-hybridized carbons (Fsp3) is 0.0909. The highest BCUT2D eigenvalue weighted by Gasteiger charge is 2.07. The Kier molecular flexibility index (Phi) is 2.04. The van der Waals surface area contributed by atoms with Crippen LogP contribution in [0.5, 0.6) is 0 Å². The Morgan fingerprint density at radius 2 is 1.87 bits per heavy atom. The molecular formula is C11H7N3O. The van der Waals surface area contributed by atoms with Crippen LogP contribution in [0.4, 0.5) is 0 Å². The second kappa shape index (κ2) is 3.36. The van der Waals surface area contributed by atoms with Crippen LogP contribution in [0.1, 0.15) is 11.1 Å². The molecule has 1 aromatic carbocycles. The number of benzene rings is 1. The molecule has 0 spiro atoms. The van der Waals surface area contributed by atoms with Crippen LogP contribution in [0, 0.1) is 22.7 Å². The van der Waals surface area contributed by atoms with Crippen molar-refractivity contribution in [3.05, 3.63) is 35.5 Å². The maximum Gasteiger partial charge on any atom is 0.104 e. The zero-order valence-corrected chi connectivity index (χ0v) is 8.06. The minimum Gasteiger partial charge on any atom is -0.417 e. The van der Waals surface area contributed by atoms with E-state index in [4.69, 9.17) is 15.4 Å². The number of nitrogens with zero attached hydrogens (tertiary/aromatic N) is 3. The first kappa shape index (κ1) is 9.11. The lowest BCUT2D eigenvalue weighted by molar-refractivity contribution is 0.179. The molecule has 2 aromatic rings. The number of hydrogen-bond donors (Lipinski definition) is 0. The van der Waals surface area contributed by atoms with E-state index in [1.54, 1.807) is 30.2 Å². The number of rotatable bonds is 1. The molecule has 1 aromatic heterocycles. The molecule has 4 nitrogen and oxygen atoms in total. The van der Waals surface area contributed by atoms with Crippen LogP contribution in [-0.2, 0) is 0 Å². The minimum absolute atomic E-state index is 0.363. The summed E-state index contributed by atoms with van der Waals surface area (Å²) < 4.78 is 1.55. The third-order valence-electron chi connectivity index (χ3n) is 2.23. The third kappa shape index (κ3) is 1.29. The summed E-state index contributed by atoms with van der Waals surface area (Å²) >= 11 is 0. The van der Waals surface area contributed by atoms with E-state index in [2.05, 4.69) is 0 Å². The normalized spacial score (nSPS) is 9.53. The molecular weight excluding hydrogens is 190 g/mol. The second-order valence-corrected chi connectivity index (χ2v) is 3.00. The lowest BCUT2D eigenvalue weighted by atomic mass is 10.1. The van der Waals surface area contributed by atoms with Gasteiger partial charge in [-0.1, -0.05) is 0 Å². The van der Waals surface area contributed by atoms with Gasteiger partial charge in [-0.05, 0) is 18.2 Å². The number of hydrogen-bond acceptors (Lipinski definition) is 3. The average molecular weight is 197 g/mol. The Hall–Kier alpha value is -2.46. The molecule has 0 aliphatic carbocycles. The first-order valence-electron chi connectivity index (χ1n) is 4.30. The standard InChI is InChI=1S/C11H7N3O/c1-15-14-3-2-8-4-9(6-12)10(7-13)5-11(8)14/h2-5H,1H3. The van der Waals surface area contributed by atoms with Crippen molar-refractivity contribution in [2.45, 2.75) is 0 Å². The molecule has 0 unspecified atom stereocenters. The van der Waals surface area contributed by atoms with Gasteiger partial charge >= 0.3 is 0 Å². The summed E-state index contributed by atoms with van der Waals surface area (Å²) in [4.78, 5) is 5.06. The lowest BCUT2D eigenvalue weighted by Gasteiger charge is -2.02. The predicted molar refractivity (Wildman–Crippen MR) is 53.9 cm³/mol. The van der Waals surface area contributed by atoms with Gasteiger partial charge in [0, 0.05) is 11.6 Å². The van der Waals surface area contributed by atoms with Crippen molar-refractivity contribution in [3.8, 4) is 12.1 Å². The Labute approximate surface area is 86.5 Å². The Balaban J connectivity index is 2.81. The molecule has 15 heavy (non-hydrogen) atoms. The maximum absolute atomic E-state index is 8.86. The van der Waals surface area contributed by atoms with Gasteiger partial charge in [-0.25, -0.2) is 0 Å². The van der Waals surface area contributed by atoms with Gasteiger partial charge in [-0.15, -0.1) is 0 Å². The van der Waals surface area contributed by atoms with Gasteiger partial charge in [-0.3, -0.25) is 0 Å². The van der Waals surface area contributed by atoms with Gasteiger partial charge < -0.3 is 4.84 Å². The van der Waals surface area contributed by atoms with E-state index in [0.29, 0.717) is 11.1 Å². The number of aromatic nitrogens is 1. The van der Waals surface area contributed by atoms with Crippen LogP contribution >= 0.6 is 0 Å². The van der Waals surface area contributed by atoms with E-state index in [9.17, 15) is 0 Å². The molecule has 72 valence electrons. The quantitative estimate of drug-likeness (QED) is 0.694. The summed E-state index contributed by atoms with van der Waals surface area (Å²) in [5.74, 6) is 0. The Morgan fingerprint density at radius 3 is 2.47 bits per heavy atom. The third-order valence-corrected chi connectivity index (χ3v) is 2.23. The van der Waals surface area contributed by atoms with Crippen molar-refractivity contribution in [1.82, 2.24) is 4.73 Å². The summed E-state index contributed by atoms with van der Waals surface area (Å²) in [6, 6.07) is 9.15. The van der Waals surface area contributed by atoms with Crippen LogP contribution in [0.2, 0.25) is 0 Å². The zero-order chi connectivity index (χ0) is 10.8. The topological polar surface area (TPSA) is 61.7 Å². The molecule has 0 amide bonds. The Bertz CT molecular complexity index is 599. The van der Waals surface area contributed by atoms with Crippen molar-refractivity contribution in [2.24, 2.45) is 0 Å². The highest BCUT2D eigenvalue weighted by Crippen LogP contribution is 2.19. The van der Waals surface area contributed by atoms with Gasteiger partial charge in [0.05, 0.1) is 16.6 Å². The lowest BCUT2D eigenvalue weighted by Crippen LogP contribution is -2.03. The summed E-state index contributed by atoms with van der Waals surface area (Å²) in [6.07, 6.45) is 1.74. The first-order valence-corrected chi connectivity index (χ1v) is 4.30. The van der Waals surface area contributed by atoms with Crippen LogP contribution in [0.15, 0.2) is 24.4 Å². The Morgan fingerprint density at radius 1 is 1.20 bits per heavy atom. The van der Waals surface area contributed by atoms with E-state index in [-0.39, 0.29) is 0 Å². The summed E-state index contributed by atoms with van der Waals surface area (Å²) in [7, 11) is 1.55. The second-order valence-electron chi connectivity index (χ2n) is 3.00. The van der Waals surface area contributed by atoms with E-state index in [1.165, 1.54) is 0 Å². The summed E-state index contributed by atoms with van der Waals surface area (Å²) in [5, 5.41) is 18.6. The zero-order valence-electron chi connectivity index (χ0n) is 8.06. The van der Waals surface area contributed by atoms with Gasteiger partial charge in [0.1, 0.15) is 19.2 Å². The SMILES string of the molecule is COn1ccc2cc(C#N)c(C#N)cc21. The van der Waals surface area contributed by atoms with E-state index in [1.807, 2.05) is 18.2 Å². The molecule has 0 fully saturated rings. The van der Waals surface area contributed by atoms with E-state index < -0.39 is 0 Å². The molecule has 0 atom stereocenters. The van der Waals surface area contributed by atoms with Gasteiger partial charge in [0.15, 0.2) is 0 Å². The number of fused-ring (bicyclic) bond motifs is 1. The predicted octanol–water partition coefficient (Wildman–Crippen LogP) is 1.44. The molecule has 0 aliphatic heterocycles. The van der Waals surface area contributed by atoms with Gasteiger partial charge in [0.2, 0.25) is 0 Å². The molecule has 0 saturated heterocycles. The minimum atomic E-state index is 0.363. The molecule has 0 N–H and O–H groups in total. The first-order chi connectivity index (χ1) is 7.30. The molecule has 2 rings (SSSR count). The maximum atomic E-state index is 8.86. The fourth-order valence-corrected chi connectivity index (χ4v) is 1.50. The molecule has 0 saturated carbocycles. The molecule has 4 heteroatoms. The van der Waals surface area contributed by atoms with Crippen molar-refractivity contribution in [2.75, 3.05) is 7.11 Å². The van der Waals surface area contributed by atoms with Crippen LogP contribution < -0.4 is 4.84 Å². The van der Waals surface area contributed by atoms with Gasteiger partial charge in [-0.2, -0.15) is 15.3 Å². The van der Waals surface area contributed by atoms with Crippen LogP contribution in [-0.4, -0.2) is 11.8 Å². The van der Waals surface area contributed by atoms with Crippen molar-refractivity contribution in [3.63, 3.8) is 0 Å². The highest BCUT2D eigenvalue weighted by atomic mass is 16.6. The molecule has 0 aliphatic rings. The van der Waals surface area contributed by atoms with Gasteiger partial charge in [0.25, 0.3) is 0 Å². The van der Waals surface area contributed by atoms with E-state index >= 15 is 0 Å². The van der Waals surface area contributed by atoms with Crippen molar-refractivity contribution in [1.29, 1.82) is 10.5 Å². The molecule has 0 radical (unpaired) electrons. The van der Waals surface area contributed by atoms with Crippen LogP contribution in [0.3, 0.4) is 0 Å².